The minimum Gasteiger partial charge on any atom is -0.481 e. The number of carbonyl (C=O) groups excluding carboxylic acids is 1. The van der Waals surface area contributed by atoms with E-state index < -0.39 is 12.0 Å². The number of carbonyl (C=O) groups is 2. The first kappa shape index (κ1) is 15.9. The summed E-state index contributed by atoms with van der Waals surface area (Å²) in [5, 5.41) is 12.7. The van der Waals surface area contributed by atoms with Gasteiger partial charge < -0.3 is 10.0 Å². The van der Waals surface area contributed by atoms with Crippen LogP contribution in [-0.4, -0.2) is 35.0 Å². The van der Waals surface area contributed by atoms with E-state index in [9.17, 15) is 9.59 Å². The number of aliphatic carboxylic acids is 1. The summed E-state index contributed by atoms with van der Waals surface area (Å²) < 4.78 is 0. The van der Waals surface area contributed by atoms with Crippen LogP contribution in [0, 0.1) is 12.8 Å². The van der Waals surface area contributed by atoms with Gasteiger partial charge in [0.2, 0.25) is 5.91 Å². The first-order valence-electron chi connectivity index (χ1n) is 7.10. The number of carboxylic acids is 1. The Hall–Kier alpha value is -2.53. The summed E-state index contributed by atoms with van der Waals surface area (Å²) in [7, 11) is 0. The highest BCUT2D eigenvalue weighted by Gasteiger charge is 2.35. The molecule has 0 bridgehead atoms. The summed E-state index contributed by atoms with van der Waals surface area (Å²) in [6.45, 7) is 2.63. The summed E-state index contributed by atoms with van der Waals surface area (Å²) in [4.78, 5) is 27.7. The van der Waals surface area contributed by atoms with E-state index >= 15 is 0 Å². The molecule has 1 fully saturated rings. The lowest BCUT2D eigenvalue weighted by molar-refractivity contribution is -0.139. The van der Waals surface area contributed by atoms with Crippen molar-refractivity contribution in [2.75, 3.05) is 13.1 Å². The summed E-state index contributed by atoms with van der Waals surface area (Å²) >= 11 is 0. The molecule has 1 N–H and O–H groups in total. The Morgan fingerprint density at radius 1 is 1.50 bits per heavy atom. The summed E-state index contributed by atoms with van der Waals surface area (Å²) in [6.07, 6.45) is 0.157. The number of rotatable bonds is 6. The van der Waals surface area contributed by atoms with Crippen molar-refractivity contribution in [2.45, 2.75) is 25.8 Å². The van der Waals surface area contributed by atoms with Crippen molar-refractivity contribution in [1.29, 1.82) is 0 Å². The number of hydrogen-bond donors (Lipinski definition) is 1. The molecule has 1 aromatic rings. The van der Waals surface area contributed by atoms with E-state index in [0.29, 0.717) is 13.0 Å². The average molecular weight is 302 g/mol. The third-order valence-electron chi connectivity index (χ3n) is 3.85. The number of azide groups is 1. The molecule has 1 aliphatic rings. The zero-order valence-electron chi connectivity index (χ0n) is 12.3. The van der Waals surface area contributed by atoms with Crippen molar-refractivity contribution >= 4 is 11.9 Å². The molecule has 1 saturated heterocycles. The van der Waals surface area contributed by atoms with Crippen molar-refractivity contribution in [3.8, 4) is 0 Å². The maximum atomic E-state index is 12.2. The molecule has 2 unspecified atom stereocenters. The molecule has 7 nitrogen and oxygen atoms in total. The Labute approximate surface area is 128 Å². The van der Waals surface area contributed by atoms with Crippen LogP contribution in [0.4, 0.5) is 0 Å². The van der Waals surface area contributed by atoms with E-state index in [1.54, 1.807) is 4.90 Å². The molecule has 116 valence electrons. The SMILES string of the molecule is Cc1ccc(C(CC(=O)O)N2CC(CN=[N+]=[N-])CC2=O)cc1. The number of hydrogen-bond acceptors (Lipinski definition) is 3. The highest BCUT2D eigenvalue weighted by Crippen LogP contribution is 2.31. The molecule has 1 heterocycles. The first-order chi connectivity index (χ1) is 10.5. The summed E-state index contributed by atoms with van der Waals surface area (Å²) in [5.74, 6) is -1.09. The van der Waals surface area contributed by atoms with Gasteiger partial charge in [0.05, 0.1) is 12.5 Å². The second kappa shape index (κ2) is 6.95. The van der Waals surface area contributed by atoms with Crippen molar-refractivity contribution in [2.24, 2.45) is 11.0 Å². The molecular weight excluding hydrogens is 284 g/mol. The molecule has 1 aromatic carbocycles. The lowest BCUT2D eigenvalue weighted by Crippen LogP contribution is -2.32. The predicted molar refractivity (Wildman–Crippen MR) is 80.0 cm³/mol. The maximum Gasteiger partial charge on any atom is 0.305 e. The number of carboxylic acid groups (broad SMARTS) is 1. The molecule has 2 atom stereocenters. The molecule has 2 rings (SSSR count). The number of likely N-dealkylation sites (tertiary alicyclic amines) is 1. The highest BCUT2D eigenvalue weighted by molar-refractivity contribution is 5.80. The van der Waals surface area contributed by atoms with Gasteiger partial charge in [0.1, 0.15) is 0 Å². The fourth-order valence-electron chi connectivity index (χ4n) is 2.75. The van der Waals surface area contributed by atoms with Gasteiger partial charge in [-0.2, -0.15) is 0 Å². The monoisotopic (exact) mass is 302 g/mol. The summed E-state index contributed by atoms with van der Waals surface area (Å²) in [6, 6.07) is 7.04. The van der Waals surface area contributed by atoms with Crippen molar-refractivity contribution < 1.29 is 14.7 Å². The second-order valence-electron chi connectivity index (χ2n) is 5.55. The van der Waals surface area contributed by atoms with E-state index in [1.807, 2.05) is 31.2 Å². The Bertz CT molecular complexity index is 608. The topological polar surface area (TPSA) is 106 Å². The first-order valence-corrected chi connectivity index (χ1v) is 7.10. The highest BCUT2D eigenvalue weighted by atomic mass is 16.4. The van der Waals surface area contributed by atoms with Crippen molar-refractivity contribution in [3.05, 3.63) is 45.8 Å². The van der Waals surface area contributed by atoms with Crippen molar-refractivity contribution in [1.82, 2.24) is 4.90 Å². The molecule has 1 aliphatic heterocycles. The predicted octanol–water partition coefficient (Wildman–Crippen LogP) is 2.67. The average Bonchev–Trinajstić information content (AvgIpc) is 2.84. The Kier molecular flexibility index (Phi) is 5.01. The van der Waals surface area contributed by atoms with Gasteiger partial charge in [-0.15, -0.1) is 0 Å². The van der Waals surface area contributed by atoms with Crippen LogP contribution in [0.15, 0.2) is 29.4 Å². The Morgan fingerprint density at radius 3 is 2.77 bits per heavy atom. The fraction of sp³-hybridized carbons (Fsp3) is 0.467. The smallest absolute Gasteiger partial charge is 0.305 e. The molecule has 0 spiro atoms. The van der Waals surface area contributed by atoms with Gasteiger partial charge >= 0.3 is 5.97 Å². The Morgan fingerprint density at radius 2 is 2.18 bits per heavy atom. The van der Waals surface area contributed by atoms with Crippen LogP contribution in [0.5, 0.6) is 0 Å². The molecule has 0 radical (unpaired) electrons. The van der Waals surface area contributed by atoms with E-state index in [0.717, 1.165) is 11.1 Å². The number of amides is 1. The quantitative estimate of drug-likeness (QED) is 0.496. The molecule has 0 aromatic heterocycles. The van der Waals surface area contributed by atoms with Crippen LogP contribution in [-0.2, 0) is 9.59 Å². The van der Waals surface area contributed by atoms with Crippen LogP contribution in [0.1, 0.15) is 30.0 Å². The molecule has 1 amide bonds. The molecular formula is C15H18N4O3. The van der Waals surface area contributed by atoms with Crippen molar-refractivity contribution in [3.63, 3.8) is 0 Å². The lowest BCUT2D eigenvalue weighted by atomic mass is 10.0. The Balaban J connectivity index is 2.21. The molecule has 22 heavy (non-hydrogen) atoms. The van der Waals surface area contributed by atoms with E-state index in [-0.39, 0.29) is 24.8 Å². The number of benzene rings is 1. The lowest BCUT2D eigenvalue weighted by Gasteiger charge is -2.27. The van der Waals surface area contributed by atoms with Gasteiger partial charge in [-0.05, 0) is 23.9 Å². The minimum atomic E-state index is -0.947. The largest absolute Gasteiger partial charge is 0.481 e. The van der Waals surface area contributed by atoms with Gasteiger partial charge in [-0.3, -0.25) is 9.59 Å². The molecule has 7 heteroatoms. The summed E-state index contributed by atoms with van der Waals surface area (Å²) in [5.41, 5.74) is 10.3. The van der Waals surface area contributed by atoms with E-state index in [2.05, 4.69) is 10.0 Å². The van der Waals surface area contributed by atoms with Gasteiger partial charge in [0, 0.05) is 24.4 Å². The zero-order valence-corrected chi connectivity index (χ0v) is 12.3. The standard InChI is InChI=1S/C15H18N4O3/c1-10-2-4-12(5-3-10)13(7-15(21)22)19-9-11(6-14(19)20)8-17-18-16/h2-5,11,13H,6-9H2,1H3,(H,21,22). The van der Waals surface area contributed by atoms with Crippen LogP contribution < -0.4 is 0 Å². The third-order valence-corrected chi connectivity index (χ3v) is 3.85. The number of aryl methyl sites for hydroxylation is 1. The van der Waals surface area contributed by atoms with Crippen LogP contribution in [0.3, 0.4) is 0 Å². The molecule has 0 aliphatic carbocycles. The van der Waals surface area contributed by atoms with Crippen LogP contribution >= 0.6 is 0 Å². The maximum absolute atomic E-state index is 12.2. The second-order valence-corrected chi connectivity index (χ2v) is 5.55. The molecule has 0 saturated carbocycles. The zero-order chi connectivity index (χ0) is 16.1. The normalized spacial score (nSPS) is 18.9. The number of nitrogens with zero attached hydrogens (tertiary/aromatic N) is 4. The van der Waals surface area contributed by atoms with Crippen LogP contribution in [0.2, 0.25) is 0 Å². The van der Waals surface area contributed by atoms with Gasteiger partial charge in [-0.25, -0.2) is 0 Å². The van der Waals surface area contributed by atoms with E-state index in [1.165, 1.54) is 0 Å². The van der Waals surface area contributed by atoms with Gasteiger partial charge in [-0.1, -0.05) is 34.9 Å². The van der Waals surface area contributed by atoms with Crippen LogP contribution in [0.25, 0.3) is 10.4 Å². The van der Waals surface area contributed by atoms with E-state index in [4.69, 9.17) is 10.6 Å². The third kappa shape index (κ3) is 3.77. The fourth-order valence-corrected chi connectivity index (χ4v) is 2.75. The van der Waals surface area contributed by atoms with Gasteiger partial charge in [0.25, 0.3) is 0 Å². The van der Waals surface area contributed by atoms with Gasteiger partial charge in [0.15, 0.2) is 0 Å². The minimum absolute atomic E-state index is 0.0508.